The monoisotopic (exact) mass is 655 g/mol. The zero-order chi connectivity index (χ0) is 33.5. The molecule has 11 rings (SSSR count). The van der Waals surface area contributed by atoms with Crippen LogP contribution >= 0.6 is 0 Å². The van der Waals surface area contributed by atoms with E-state index >= 15 is 0 Å². The number of rotatable bonds is 4. The molecule has 0 atom stereocenters. The summed E-state index contributed by atoms with van der Waals surface area (Å²) in [7, 11) is 0. The molecule has 0 saturated carbocycles. The zero-order valence-corrected chi connectivity index (χ0v) is 27.0. The van der Waals surface area contributed by atoms with Crippen LogP contribution in [0.5, 0.6) is 0 Å². The SMILES string of the molecule is c1ccc2c(c1)oc1cc(-c3nc(-c4ccc(-c5cccc6c5oc5ccncc56)cc4)nc(-n4c5ccccc5c5ccccc54)n3)ccc12. The maximum absolute atomic E-state index is 6.31. The van der Waals surface area contributed by atoms with Crippen LogP contribution in [0.1, 0.15) is 0 Å². The first-order valence-corrected chi connectivity index (χ1v) is 16.8. The Morgan fingerprint density at radius 2 is 1.06 bits per heavy atom. The van der Waals surface area contributed by atoms with Crippen molar-refractivity contribution in [1.29, 1.82) is 0 Å². The molecule has 0 unspecified atom stereocenters. The Hall–Kier alpha value is -7.12. The highest BCUT2D eigenvalue weighted by atomic mass is 16.3. The van der Waals surface area contributed by atoms with Crippen molar-refractivity contribution >= 4 is 65.7 Å². The van der Waals surface area contributed by atoms with Crippen LogP contribution in [0.4, 0.5) is 0 Å². The fourth-order valence-corrected chi connectivity index (χ4v) is 7.39. The maximum Gasteiger partial charge on any atom is 0.238 e. The van der Waals surface area contributed by atoms with Crippen LogP contribution in [-0.4, -0.2) is 24.5 Å². The molecule has 6 aromatic carbocycles. The Balaban J connectivity index is 1.10. The summed E-state index contributed by atoms with van der Waals surface area (Å²) in [6.45, 7) is 0. The number of benzene rings is 6. The lowest BCUT2D eigenvalue weighted by atomic mass is 10.0. The van der Waals surface area contributed by atoms with Crippen LogP contribution in [0.2, 0.25) is 0 Å². The van der Waals surface area contributed by atoms with E-state index in [1.165, 1.54) is 0 Å². The average molecular weight is 656 g/mol. The Kier molecular flexibility index (Phi) is 5.83. The molecule has 0 spiro atoms. The lowest BCUT2D eigenvalue weighted by Gasteiger charge is -2.11. The van der Waals surface area contributed by atoms with Crippen LogP contribution in [-0.2, 0) is 0 Å². The van der Waals surface area contributed by atoms with Crippen molar-refractivity contribution in [3.8, 4) is 39.9 Å². The van der Waals surface area contributed by atoms with Crippen molar-refractivity contribution in [2.45, 2.75) is 0 Å². The highest BCUT2D eigenvalue weighted by Gasteiger charge is 2.19. The van der Waals surface area contributed by atoms with Gasteiger partial charge in [0.15, 0.2) is 11.6 Å². The minimum absolute atomic E-state index is 0.543. The van der Waals surface area contributed by atoms with E-state index < -0.39 is 0 Å². The van der Waals surface area contributed by atoms with Gasteiger partial charge in [0.25, 0.3) is 0 Å². The molecule has 0 amide bonds. The van der Waals surface area contributed by atoms with Crippen molar-refractivity contribution in [2.24, 2.45) is 0 Å². The van der Waals surface area contributed by atoms with Gasteiger partial charge < -0.3 is 8.83 Å². The largest absolute Gasteiger partial charge is 0.456 e. The molecule has 0 fully saturated rings. The third kappa shape index (κ3) is 4.25. The quantitative estimate of drug-likeness (QED) is 0.188. The predicted molar refractivity (Wildman–Crippen MR) is 203 cm³/mol. The number of aromatic nitrogens is 5. The molecule has 7 heteroatoms. The second-order valence-corrected chi connectivity index (χ2v) is 12.7. The number of para-hydroxylation sites is 4. The van der Waals surface area contributed by atoms with E-state index in [0.717, 1.165) is 87.9 Å². The molecule has 0 aliphatic carbocycles. The van der Waals surface area contributed by atoms with Gasteiger partial charge >= 0.3 is 0 Å². The van der Waals surface area contributed by atoms with E-state index in [9.17, 15) is 0 Å². The van der Waals surface area contributed by atoms with Crippen molar-refractivity contribution < 1.29 is 8.83 Å². The summed E-state index contributed by atoms with van der Waals surface area (Å²) in [5, 5.41) is 6.45. The summed E-state index contributed by atoms with van der Waals surface area (Å²) in [6, 6.07) is 47.5. The first-order chi connectivity index (χ1) is 25.3. The first kappa shape index (κ1) is 27.8. The normalized spacial score (nSPS) is 11.9. The molecular weight excluding hydrogens is 631 g/mol. The van der Waals surface area contributed by atoms with Crippen LogP contribution < -0.4 is 0 Å². The van der Waals surface area contributed by atoms with Crippen LogP contribution in [0.3, 0.4) is 0 Å². The van der Waals surface area contributed by atoms with Crippen molar-refractivity contribution in [2.75, 3.05) is 0 Å². The molecule has 0 saturated heterocycles. The minimum atomic E-state index is 0.543. The summed E-state index contributed by atoms with van der Waals surface area (Å²) in [4.78, 5) is 19.7. The first-order valence-electron chi connectivity index (χ1n) is 16.8. The van der Waals surface area contributed by atoms with E-state index in [4.69, 9.17) is 23.8 Å². The van der Waals surface area contributed by atoms with E-state index in [2.05, 4.69) is 107 Å². The van der Waals surface area contributed by atoms with Crippen LogP contribution in [0.25, 0.3) is 106 Å². The third-order valence-electron chi connectivity index (χ3n) is 9.79. The lowest BCUT2D eigenvalue weighted by Crippen LogP contribution is -2.06. The fourth-order valence-electron chi connectivity index (χ4n) is 7.39. The van der Waals surface area contributed by atoms with Gasteiger partial charge in [-0.3, -0.25) is 9.55 Å². The molecule has 0 bridgehead atoms. The molecule has 0 aliphatic heterocycles. The Labute approximate surface area is 290 Å². The lowest BCUT2D eigenvalue weighted by molar-refractivity contribution is 0.669. The van der Waals surface area contributed by atoms with Gasteiger partial charge in [0.05, 0.1) is 11.0 Å². The summed E-state index contributed by atoms with van der Waals surface area (Å²) in [5.74, 6) is 1.67. The predicted octanol–water partition coefficient (Wildman–Crippen LogP) is 11.2. The van der Waals surface area contributed by atoms with Gasteiger partial charge in [-0.05, 0) is 42.0 Å². The molecule has 5 heterocycles. The molecule has 5 aromatic heterocycles. The minimum Gasteiger partial charge on any atom is -0.456 e. The highest BCUT2D eigenvalue weighted by molar-refractivity contribution is 6.10. The van der Waals surface area contributed by atoms with Gasteiger partial charge in [0.1, 0.15) is 22.3 Å². The molecule has 0 aliphatic rings. The van der Waals surface area contributed by atoms with Crippen molar-refractivity contribution in [3.05, 3.63) is 152 Å². The summed E-state index contributed by atoms with van der Waals surface area (Å²) >= 11 is 0. The second kappa shape index (κ2) is 10.7. The van der Waals surface area contributed by atoms with E-state index in [-0.39, 0.29) is 0 Å². The molecule has 7 nitrogen and oxygen atoms in total. The van der Waals surface area contributed by atoms with Gasteiger partial charge in [-0.2, -0.15) is 9.97 Å². The van der Waals surface area contributed by atoms with Crippen molar-refractivity contribution in [3.63, 3.8) is 0 Å². The average Bonchev–Trinajstić information content (AvgIpc) is 3.87. The van der Waals surface area contributed by atoms with Gasteiger partial charge in [-0.25, -0.2) is 4.98 Å². The molecule has 0 N–H and O–H groups in total. The third-order valence-corrected chi connectivity index (χ3v) is 9.79. The van der Waals surface area contributed by atoms with Crippen LogP contribution in [0, 0.1) is 0 Å². The number of nitrogens with zero attached hydrogens (tertiary/aromatic N) is 5. The fraction of sp³-hybridized carbons (Fsp3) is 0. The van der Waals surface area contributed by atoms with Gasteiger partial charge in [-0.1, -0.05) is 103 Å². The van der Waals surface area contributed by atoms with Crippen molar-refractivity contribution in [1.82, 2.24) is 24.5 Å². The molecule has 0 radical (unpaired) electrons. The molecule has 51 heavy (non-hydrogen) atoms. The van der Waals surface area contributed by atoms with E-state index in [1.54, 1.807) is 6.20 Å². The number of pyridine rings is 1. The zero-order valence-electron chi connectivity index (χ0n) is 27.0. The van der Waals surface area contributed by atoms with E-state index in [0.29, 0.717) is 17.6 Å². The standard InChI is InChI=1S/C44H25N5O2/c1-4-13-36-30(8-1)31-9-2-5-14-37(31)49(36)44-47-42(46-43(48-44)28-20-21-33-32-10-3-6-15-38(32)50-40(33)24-28)27-18-16-26(17-19-27)29-11-7-12-34-35-25-45-23-22-39(35)51-41(29)34/h1-25H. The Morgan fingerprint density at radius 3 is 1.86 bits per heavy atom. The molecule has 11 aromatic rings. The number of hydrogen-bond donors (Lipinski definition) is 0. The summed E-state index contributed by atoms with van der Waals surface area (Å²) < 4.78 is 14.7. The Morgan fingerprint density at radius 1 is 0.431 bits per heavy atom. The number of fused-ring (bicyclic) bond motifs is 9. The number of hydrogen-bond acceptors (Lipinski definition) is 6. The molecular formula is C44H25N5O2. The second-order valence-electron chi connectivity index (χ2n) is 12.7. The number of furan rings is 2. The smallest absolute Gasteiger partial charge is 0.238 e. The molecule has 238 valence electrons. The summed E-state index contributed by atoms with van der Waals surface area (Å²) in [6.07, 6.45) is 3.61. The Bertz CT molecular complexity index is 3100. The van der Waals surface area contributed by atoms with Gasteiger partial charge in [0, 0.05) is 61.4 Å². The summed E-state index contributed by atoms with van der Waals surface area (Å²) in [5.41, 5.74) is 9.10. The highest BCUT2D eigenvalue weighted by Crippen LogP contribution is 2.37. The van der Waals surface area contributed by atoms with Crippen LogP contribution in [0.15, 0.2) is 161 Å². The topological polar surface area (TPSA) is 82.8 Å². The van der Waals surface area contributed by atoms with Gasteiger partial charge in [0.2, 0.25) is 5.95 Å². The van der Waals surface area contributed by atoms with E-state index in [1.807, 2.05) is 48.7 Å². The van der Waals surface area contributed by atoms with Gasteiger partial charge in [-0.15, -0.1) is 0 Å². The maximum atomic E-state index is 6.31.